The van der Waals surface area contributed by atoms with Crippen molar-refractivity contribution in [1.29, 1.82) is 0 Å². The summed E-state index contributed by atoms with van der Waals surface area (Å²) in [6.45, 7) is 3.02. The Morgan fingerprint density at radius 1 is 1.78 bits per heavy atom. The summed E-state index contributed by atoms with van der Waals surface area (Å²) >= 11 is 0. The van der Waals surface area contributed by atoms with Gasteiger partial charge in [-0.2, -0.15) is 0 Å². The summed E-state index contributed by atoms with van der Waals surface area (Å²) in [6, 6.07) is 0. The van der Waals surface area contributed by atoms with Crippen molar-refractivity contribution in [3.63, 3.8) is 0 Å². The van der Waals surface area contributed by atoms with Crippen LogP contribution in [0.5, 0.6) is 0 Å². The number of nitrogens with zero attached hydrogens (tertiary/aromatic N) is 1. The Kier molecular flexibility index (Phi) is 2.31. The van der Waals surface area contributed by atoms with E-state index in [2.05, 4.69) is 23.3 Å². The molecule has 1 rings (SSSR count). The molecule has 1 heterocycles. The van der Waals surface area contributed by atoms with Crippen LogP contribution in [-0.4, -0.2) is 12.9 Å². The van der Waals surface area contributed by atoms with Crippen LogP contribution < -0.4 is 5.32 Å². The molecule has 1 N–H and O–H groups in total. The van der Waals surface area contributed by atoms with Crippen molar-refractivity contribution < 1.29 is 0 Å². The van der Waals surface area contributed by atoms with Crippen LogP contribution in [0, 0.1) is 0 Å². The summed E-state index contributed by atoms with van der Waals surface area (Å²) in [7, 11) is 0. The molecule has 0 unspecified atom stereocenters. The van der Waals surface area contributed by atoms with Gasteiger partial charge in [0.2, 0.25) is 0 Å². The molecule has 0 amide bonds. The molecule has 0 aromatic carbocycles. The van der Waals surface area contributed by atoms with Crippen molar-refractivity contribution in [1.82, 2.24) is 5.32 Å². The molecule has 0 aromatic rings. The molecule has 9 heavy (non-hydrogen) atoms. The van der Waals surface area contributed by atoms with Crippen molar-refractivity contribution in [3.05, 3.63) is 11.8 Å². The van der Waals surface area contributed by atoms with Gasteiger partial charge in [-0.15, -0.1) is 0 Å². The molecule has 1 aliphatic heterocycles. The van der Waals surface area contributed by atoms with Gasteiger partial charge in [0.15, 0.2) is 0 Å². The maximum Gasteiger partial charge on any atom is 0.0869 e. The highest BCUT2D eigenvalue weighted by Gasteiger charge is 1.94. The van der Waals surface area contributed by atoms with Gasteiger partial charge in [-0.05, 0) is 12.5 Å². The summed E-state index contributed by atoms with van der Waals surface area (Å²) in [5.74, 6) is 0. The van der Waals surface area contributed by atoms with E-state index in [9.17, 15) is 0 Å². The van der Waals surface area contributed by atoms with E-state index in [1.165, 1.54) is 12.1 Å². The summed E-state index contributed by atoms with van der Waals surface area (Å²) in [5.41, 5.74) is 1.31. The minimum absolute atomic E-state index is 0.850. The van der Waals surface area contributed by atoms with Crippen molar-refractivity contribution in [2.45, 2.75) is 19.8 Å². The van der Waals surface area contributed by atoms with Gasteiger partial charge < -0.3 is 5.32 Å². The Hall–Kier alpha value is -0.790. The first-order valence-corrected chi connectivity index (χ1v) is 3.37. The van der Waals surface area contributed by atoms with Crippen molar-refractivity contribution in [2.24, 2.45) is 4.99 Å². The van der Waals surface area contributed by atoms with Gasteiger partial charge in [0.05, 0.1) is 12.9 Å². The molecule has 0 bridgehead atoms. The van der Waals surface area contributed by atoms with Gasteiger partial charge in [0, 0.05) is 5.70 Å². The predicted molar refractivity (Wildman–Crippen MR) is 39.5 cm³/mol. The third-order valence-electron chi connectivity index (χ3n) is 1.30. The average molecular weight is 124 g/mol. The van der Waals surface area contributed by atoms with E-state index in [-0.39, 0.29) is 0 Å². The lowest BCUT2D eigenvalue weighted by molar-refractivity contribution is 0.842. The number of allylic oxidation sites excluding steroid dienone is 1. The van der Waals surface area contributed by atoms with Gasteiger partial charge in [-0.3, -0.25) is 4.99 Å². The molecule has 2 heteroatoms. The molecule has 2 nitrogen and oxygen atoms in total. The molecule has 1 aliphatic rings. The number of nitrogens with one attached hydrogen (secondary N) is 1. The van der Waals surface area contributed by atoms with Crippen LogP contribution in [0.4, 0.5) is 0 Å². The van der Waals surface area contributed by atoms with Crippen LogP contribution in [0.15, 0.2) is 16.8 Å². The fourth-order valence-electron chi connectivity index (χ4n) is 0.847. The van der Waals surface area contributed by atoms with Gasteiger partial charge >= 0.3 is 0 Å². The SMILES string of the molecule is CCCC1=CCN=CN1. The van der Waals surface area contributed by atoms with Crippen LogP contribution >= 0.6 is 0 Å². The Balaban J connectivity index is 2.32. The first kappa shape index (κ1) is 6.33. The molecule has 0 saturated carbocycles. The van der Waals surface area contributed by atoms with E-state index in [0.717, 1.165) is 13.0 Å². The first-order valence-electron chi connectivity index (χ1n) is 3.37. The molecule has 50 valence electrons. The van der Waals surface area contributed by atoms with Crippen LogP contribution in [0.25, 0.3) is 0 Å². The Morgan fingerprint density at radius 2 is 2.67 bits per heavy atom. The van der Waals surface area contributed by atoms with Crippen LogP contribution in [-0.2, 0) is 0 Å². The standard InChI is InChI=1S/C7H12N2/c1-2-3-7-4-5-8-6-9-7/h4,6H,2-3,5H2,1H3,(H,8,9). The second-order valence-corrected chi connectivity index (χ2v) is 2.12. The molecule has 0 aromatic heterocycles. The van der Waals surface area contributed by atoms with E-state index >= 15 is 0 Å². The van der Waals surface area contributed by atoms with Crippen molar-refractivity contribution in [2.75, 3.05) is 6.54 Å². The first-order chi connectivity index (χ1) is 4.43. The molecule has 0 fully saturated rings. The van der Waals surface area contributed by atoms with Gasteiger partial charge in [0.25, 0.3) is 0 Å². The average Bonchev–Trinajstić information content (AvgIpc) is 1.91. The van der Waals surface area contributed by atoms with Crippen LogP contribution in [0.3, 0.4) is 0 Å². The third kappa shape index (κ3) is 1.88. The highest BCUT2D eigenvalue weighted by molar-refractivity contribution is 5.58. The second-order valence-electron chi connectivity index (χ2n) is 2.12. The normalized spacial score (nSPS) is 16.8. The number of rotatable bonds is 2. The lowest BCUT2D eigenvalue weighted by atomic mass is 10.2. The molecule has 0 aliphatic carbocycles. The van der Waals surface area contributed by atoms with Crippen molar-refractivity contribution in [3.8, 4) is 0 Å². The minimum atomic E-state index is 0.850. The quantitative estimate of drug-likeness (QED) is 0.589. The van der Waals surface area contributed by atoms with E-state index in [1.807, 2.05) is 0 Å². The van der Waals surface area contributed by atoms with Gasteiger partial charge in [-0.25, -0.2) is 0 Å². The fraction of sp³-hybridized carbons (Fsp3) is 0.571. The summed E-state index contributed by atoms with van der Waals surface area (Å²) in [6.07, 6.45) is 6.24. The molecule has 0 atom stereocenters. The summed E-state index contributed by atoms with van der Waals surface area (Å²) in [4.78, 5) is 4.00. The van der Waals surface area contributed by atoms with Gasteiger partial charge in [-0.1, -0.05) is 13.3 Å². The highest BCUT2D eigenvalue weighted by Crippen LogP contribution is 2.01. The van der Waals surface area contributed by atoms with Crippen molar-refractivity contribution >= 4 is 6.34 Å². The van der Waals surface area contributed by atoms with Crippen LogP contribution in [0.2, 0.25) is 0 Å². The zero-order valence-electron chi connectivity index (χ0n) is 5.72. The molecular weight excluding hydrogens is 112 g/mol. The predicted octanol–water partition coefficient (Wildman–Crippen LogP) is 1.30. The minimum Gasteiger partial charge on any atom is -0.350 e. The maximum absolute atomic E-state index is 4.00. The van der Waals surface area contributed by atoms with Crippen LogP contribution in [0.1, 0.15) is 19.8 Å². The second kappa shape index (κ2) is 3.28. The summed E-state index contributed by atoms with van der Waals surface area (Å²) in [5, 5.41) is 3.09. The number of aliphatic imine (C=N–C) groups is 1. The molecule has 0 spiro atoms. The molecule has 0 radical (unpaired) electrons. The fourth-order valence-corrected chi connectivity index (χ4v) is 0.847. The maximum atomic E-state index is 4.00. The number of hydrogen-bond donors (Lipinski definition) is 1. The Bertz CT molecular complexity index is 136. The van der Waals surface area contributed by atoms with E-state index in [1.54, 1.807) is 6.34 Å². The summed E-state index contributed by atoms with van der Waals surface area (Å²) < 4.78 is 0. The highest BCUT2D eigenvalue weighted by atomic mass is 15.0. The third-order valence-corrected chi connectivity index (χ3v) is 1.30. The molecular formula is C7H12N2. The zero-order valence-corrected chi connectivity index (χ0v) is 5.72. The van der Waals surface area contributed by atoms with E-state index in [0.29, 0.717) is 0 Å². The lowest BCUT2D eigenvalue weighted by Gasteiger charge is -2.07. The molecule has 0 saturated heterocycles. The lowest BCUT2D eigenvalue weighted by Crippen LogP contribution is -2.14. The monoisotopic (exact) mass is 124 g/mol. The van der Waals surface area contributed by atoms with Gasteiger partial charge in [0.1, 0.15) is 0 Å². The smallest absolute Gasteiger partial charge is 0.0869 e. The Morgan fingerprint density at radius 3 is 3.22 bits per heavy atom. The Labute approximate surface area is 55.7 Å². The number of hydrogen-bond acceptors (Lipinski definition) is 2. The van der Waals surface area contributed by atoms with E-state index < -0.39 is 0 Å². The topological polar surface area (TPSA) is 24.4 Å². The van der Waals surface area contributed by atoms with E-state index in [4.69, 9.17) is 0 Å². The largest absolute Gasteiger partial charge is 0.350 e. The zero-order chi connectivity index (χ0) is 6.53.